The van der Waals surface area contributed by atoms with Gasteiger partial charge in [0.1, 0.15) is 0 Å². The summed E-state index contributed by atoms with van der Waals surface area (Å²) in [4.78, 5) is 4.56. The molecule has 2 nitrogen and oxygen atoms in total. The van der Waals surface area contributed by atoms with Gasteiger partial charge in [-0.3, -0.25) is 0 Å². The Hall–Kier alpha value is -1.07. The predicted molar refractivity (Wildman–Crippen MR) is 82.9 cm³/mol. The number of piperidine rings is 1. The summed E-state index contributed by atoms with van der Waals surface area (Å²) in [6, 6.07) is 5.73. The quantitative estimate of drug-likeness (QED) is 0.837. The van der Waals surface area contributed by atoms with E-state index in [2.05, 4.69) is 30.9 Å². The molecular formula is C17H25F3N2. The first-order valence-corrected chi connectivity index (χ1v) is 7.75. The van der Waals surface area contributed by atoms with Crippen LogP contribution in [0.4, 0.5) is 13.2 Å². The smallest absolute Gasteiger partial charge is 0.305 e. The Morgan fingerprint density at radius 3 is 2.59 bits per heavy atom. The molecule has 1 fully saturated rings. The van der Waals surface area contributed by atoms with Gasteiger partial charge in [-0.2, -0.15) is 13.2 Å². The average molecular weight is 314 g/mol. The SMILES string of the molecule is CN1CCC[C@](CCc2cccc(C(F)(F)F)c2)(N(C)C)C1. The van der Waals surface area contributed by atoms with Crippen LogP contribution < -0.4 is 0 Å². The summed E-state index contributed by atoms with van der Waals surface area (Å²) in [6.45, 7) is 2.07. The lowest BCUT2D eigenvalue weighted by atomic mass is 9.82. The average Bonchev–Trinajstić information content (AvgIpc) is 2.44. The maximum atomic E-state index is 12.8. The van der Waals surface area contributed by atoms with Gasteiger partial charge in [-0.15, -0.1) is 0 Å². The summed E-state index contributed by atoms with van der Waals surface area (Å²) in [5.41, 5.74) is 0.273. The number of rotatable bonds is 4. The zero-order valence-electron chi connectivity index (χ0n) is 13.6. The van der Waals surface area contributed by atoms with Crippen molar-refractivity contribution < 1.29 is 13.2 Å². The highest BCUT2D eigenvalue weighted by Crippen LogP contribution is 2.32. The standard InChI is InChI=1S/C17H25F3N2/c1-21(2)16(9-5-11-22(3)13-16)10-8-14-6-4-7-15(12-14)17(18,19)20/h4,6-7,12H,5,8-11,13H2,1-3H3/t16-/m1/s1. The van der Waals surface area contributed by atoms with Gasteiger partial charge in [0.05, 0.1) is 5.56 Å². The van der Waals surface area contributed by atoms with Crippen molar-refractivity contribution in [3.63, 3.8) is 0 Å². The molecule has 124 valence electrons. The zero-order valence-corrected chi connectivity index (χ0v) is 13.6. The van der Waals surface area contributed by atoms with Gasteiger partial charge in [0.15, 0.2) is 0 Å². The molecule has 0 bridgehead atoms. The largest absolute Gasteiger partial charge is 0.416 e. The summed E-state index contributed by atoms with van der Waals surface area (Å²) in [6.07, 6.45) is -0.470. The maximum absolute atomic E-state index is 12.8. The van der Waals surface area contributed by atoms with E-state index in [1.807, 2.05) is 0 Å². The van der Waals surface area contributed by atoms with Crippen LogP contribution in [-0.2, 0) is 12.6 Å². The summed E-state index contributed by atoms with van der Waals surface area (Å²) >= 11 is 0. The van der Waals surface area contributed by atoms with E-state index < -0.39 is 11.7 Å². The molecule has 1 aliphatic rings. The number of halogens is 3. The highest BCUT2D eigenvalue weighted by Gasteiger charge is 2.36. The van der Waals surface area contributed by atoms with Crippen LogP contribution in [0.2, 0.25) is 0 Å². The van der Waals surface area contributed by atoms with E-state index in [1.165, 1.54) is 12.1 Å². The van der Waals surface area contributed by atoms with Gasteiger partial charge in [-0.25, -0.2) is 0 Å². The van der Waals surface area contributed by atoms with Crippen molar-refractivity contribution in [2.75, 3.05) is 34.2 Å². The fourth-order valence-corrected chi connectivity index (χ4v) is 3.41. The van der Waals surface area contributed by atoms with E-state index in [1.54, 1.807) is 6.07 Å². The first-order chi connectivity index (χ1) is 10.2. The van der Waals surface area contributed by atoms with Crippen LogP contribution in [-0.4, -0.2) is 49.6 Å². The first kappa shape index (κ1) is 17.3. The molecule has 0 amide bonds. The number of likely N-dealkylation sites (N-methyl/N-ethyl adjacent to an activating group) is 2. The second kappa shape index (κ2) is 6.59. The summed E-state index contributed by atoms with van der Waals surface area (Å²) in [5.74, 6) is 0. The molecule has 0 radical (unpaired) electrons. The molecule has 1 aromatic carbocycles. The Morgan fingerprint density at radius 2 is 2.00 bits per heavy atom. The lowest BCUT2D eigenvalue weighted by molar-refractivity contribution is -0.137. The fourth-order valence-electron chi connectivity index (χ4n) is 3.41. The molecule has 2 rings (SSSR count). The second-order valence-corrected chi connectivity index (χ2v) is 6.66. The molecule has 0 N–H and O–H groups in total. The van der Waals surface area contributed by atoms with Crippen molar-refractivity contribution in [1.29, 1.82) is 0 Å². The third-order valence-corrected chi connectivity index (χ3v) is 4.83. The molecule has 22 heavy (non-hydrogen) atoms. The van der Waals surface area contributed by atoms with Crippen LogP contribution in [0.5, 0.6) is 0 Å². The van der Waals surface area contributed by atoms with Gasteiger partial charge in [-0.05, 0) is 65.0 Å². The summed E-state index contributed by atoms with van der Waals surface area (Å²) < 4.78 is 38.4. The van der Waals surface area contributed by atoms with Crippen LogP contribution in [0.15, 0.2) is 24.3 Å². The molecule has 1 heterocycles. The van der Waals surface area contributed by atoms with Crippen molar-refractivity contribution >= 4 is 0 Å². The lowest BCUT2D eigenvalue weighted by Gasteiger charge is -2.46. The highest BCUT2D eigenvalue weighted by molar-refractivity contribution is 5.26. The molecule has 0 saturated carbocycles. The van der Waals surface area contributed by atoms with Crippen molar-refractivity contribution in [2.45, 2.75) is 37.4 Å². The monoisotopic (exact) mass is 314 g/mol. The van der Waals surface area contributed by atoms with E-state index in [9.17, 15) is 13.2 Å². The van der Waals surface area contributed by atoms with Gasteiger partial charge in [-0.1, -0.05) is 18.2 Å². The lowest BCUT2D eigenvalue weighted by Crippen LogP contribution is -2.55. The van der Waals surface area contributed by atoms with Gasteiger partial charge in [0, 0.05) is 12.1 Å². The molecular weight excluding hydrogens is 289 g/mol. The molecule has 0 aromatic heterocycles. The number of likely N-dealkylation sites (tertiary alicyclic amines) is 1. The molecule has 0 spiro atoms. The van der Waals surface area contributed by atoms with Gasteiger partial charge in [0.25, 0.3) is 0 Å². The van der Waals surface area contributed by atoms with Gasteiger partial charge < -0.3 is 9.80 Å². The minimum absolute atomic E-state index is 0.0568. The van der Waals surface area contributed by atoms with Gasteiger partial charge >= 0.3 is 6.18 Å². The van der Waals surface area contributed by atoms with Crippen LogP contribution in [0.3, 0.4) is 0 Å². The van der Waals surface area contributed by atoms with Crippen LogP contribution in [0.25, 0.3) is 0 Å². The molecule has 1 saturated heterocycles. The van der Waals surface area contributed by atoms with Crippen LogP contribution in [0, 0.1) is 0 Å². The Balaban J connectivity index is 2.10. The van der Waals surface area contributed by atoms with Crippen molar-refractivity contribution in [2.24, 2.45) is 0 Å². The summed E-state index contributed by atoms with van der Waals surface area (Å²) in [7, 11) is 6.26. The first-order valence-electron chi connectivity index (χ1n) is 7.75. The maximum Gasteiger partial charge on any atom is 0.416 e. The fraction of sp³-hybridized carbons (Fsp3) is 0.647. The van der Waals surface area contributed by atoms with Crippen molar-refractivity contribution in [3.05, 3.63) is 35.4 Å². The number of benzene rings is 1. The van der Waals surface area contributed by atoms with E-state index in [0.717, 1.165) is 44.0 Å². The Morgan fingerprint density at radius 1 is 1.27 bits per heavy atom. The zero-order chi connectivity index (χ0) is 16.4. The molecule has 1 aromatic rings. The number of hydrogen-bond acceptors (Lipinski definition) is 2. The molecule has 5 heteroatoms. The molecule has 0 unspecified atom stereocenters. The topological polar surface area (TPSA) is 6.48 Å². The van der Waals surface area contributed by atoms with Gasteiger partial charge in [0.2, 0.25) is 0 Å². The van der Waals surface area contributed by atoms with Crippen LogP contribution >= 0.6 is 0 Å². The van der Waals surface area contributed by atoms with E-state index in [0.29, 0.717) is 6.42 Å². The third kappa shape index (κ3) is 4.02. The molecule has 0 aliphatic carbocycles. The second-order valence-electron chi connectivity index (χ2n) is 6.66. The normalized spacial score (nSPS) is 24.0. The minimum Gasteiger partial charge on any atom is -0.305 e. The van der Waals surface area contributed by atoms with E-state index in [-0.39, 0.29) is 5.54 Å². The Kier molecular flexibility index (Phi) is 5.17. The van der Waals surface area contributed by atoms with Crippen LogP contribution in [0.1, 0.15) is 30.4 Å². The number of aryl methyl sites for hydroxylation is 1. The van der Waals surface area contributed by atoms with E-state index in [4.69, 9.17) is 0 Å². The van der Waals surface area contributed by atoms with Crippen molar-refractivity contribution in [1.82, 2.24) is 9.80 Å². The minimum atomic E-state index is -4.26. The summed E-state index contributed by atoms with van der Waals surface area (Å²) in [5, 5.41) is 0. The van der Waals surface area contributed by atoms with Crippen molar-refractivity contribution in [3.8, 4) is 0 Å². The Bertz CT molecular complexity index is 499. The van der Waals surface area contributed by atoms with E-state index >= 15 is 0 Å². The molecule has 1 aliphatic heterocycles. The Labute approximate surface area is 130 Å². The number of hydrogen-bond donors (Lipinski definition) is 0. The number of nitrogens with zero attached hydrogens (tertiary/aromatic N) is 2. The number of alkyl halides is 3. The highest BCUT2D eigenvalue weighted by atomic mass is 19.4. The third-order valence-electron chi connectivity index (χ3n) is 4.83. The molecule has 1 atom stereocenters. The predicted octanol–water partition coefficient (Wildman–Crippen LogP) is 3.66.